The highest BCUT2D eigenvalue weighted by Crippen LogP contribution is 2.28. The Balaban J connectivity index is 1.64. The summed E-state index contributed by atoms with van der Waals surface area (Å²) in [7, 11) is 0. The van der Waals surface area contributed by atoms with Crippen LogP contribution in [0.4, 0.5) is 10.5 Å². The molecule has 10 heteroatoms. The number of urea groups is 1. The van der Waals surface area contributed by atoms with Gasteiger partial charge >= 0.3 is 12.0 Å². The molecule has 0 spiro atoms. The predicted octanol–water partition coefficient (Wildman–Crippen LogP) is 4.36. The summed E-state index contributed by atoms with van der Waals surface area (Å²) in [6.45, 7) is 5.42. The summed E-state index contributed by atoms with van der Waals surface area (Å²) in [4.78, 5) is 27.6. The van der Waals surface area contributed by atoms with Crippen LogP contribution in [0.15, 0.2) is 35.3 Å². The third kappa shape index (κ3) is 7.23. The van der Waals surface area contributed by atoms with Gasteiger partial charge in [0.2, 0.25) is 11.8 Å². The smallest absolute Gasteiger partial charge is 0.347 e. The topological polar surface area (TPSA) is 125 Å². The molecule has 1 fully saturated rings. The Morgan fingerprint density at radius 1 is 1.19 bits per heavy atom. The Kier molecular flexibility index (Phi) is 8.43. The van der Waals surface area contributed by atoms with Gasteiger partial charge in [0.25, 0.3) is 0 Å². The van der Waals surface area contributed by atoms with Gasteiger partial charge in [-0.3, -0.25) is 5.32 Å². The summed E-state index contributed by atoms with van der Waals surface area (Å²) in [5.41, 5.74) is 0.637. The molecule has 3 rings (SSSR count). The molecule has 9 nitrogen and oxygen atoms in total. The summed E-state index contributed by atoms with van der Waals surface area (Å²) < 4.78 is 9.57. The highest BCUT2D eigenvalue weighted by Gasteiger charge is 2.18. The first-order chi connectivity index (χ1) is 15.4. The molecule has 0 atom stereocenters. The van der Waals surface area contributed by atoms with Crippen LogP contribution in [0.2, 0.25) is 0 Å². The maximum Gasteiger partial charge on any atom is 0.347 e. The van der Waals surface area contributed by atoms with E-state index in [0.29, 0.717) is 29.9 Å². The van der Waals surface area contributed by atoms with Gasteiger partial charge in [0.15, 0.2) is 0 Å². The van der Waals surface area contributed by atoms with Gasteiger partial charge in [0, 0.05) is 19.2 Å². The van der Waals surface area contributed by atoms with Gasteiger partial charge < -0.3 is 20.5 Å². The zero-order chi connectivity index (χ0) is 22.9. The number of aromatic carboxylic acids is 1. The first-order valence-corrected chi connectivity index (χ1v) is 11.6. The number of amides is 2. The largest absolute Gasteiger partial charge is 0.477 e. The second kappa shape index (κ2) is 11.5. The van der Waals surface area contributed by atoms with E-state index in [-0.39, 0.29) is 16.8 Å². The predicted molar refractivity (Wildman–Crippen MR) is 124 cm³/mol. The van der Waals surface area contributed by atoms with Gasteiger partial charge in [0.05, 0.1) is 5.69 Å². The molecule has 32 heavy (non-hydrogen) atoms. The number of aliphatic imine (C=N–C) groups is 1. The van der Waals surface area contributed by atoms with Crippen molar-refractivity contribution in [2.45, 2.75) is 39.5 Å². The lowest BCUT2D eigenvalue weighted by Crippen LogP contribution is -2.47. The van der Waals surface area contributed by atoms with Crippen LogP contribution in [0, 0.1) is 11.8 Å². The lowest BCUT2D eigenvalue weighted by atomic mass is 9.83. The van der Waals surface area contributed by atoms with E-state index < -0.39 is 5.97 Å². The number of nitrogens with zero attached hydrogens (tertiary/aromatic N) is 2. The van der Waals surface area contributed by atoms with Crippen molar-refractivity contribution in [3.05, 3.63) is 35.2 Å². The molecule has 1 aliphatic rings. The second-order valence-corrected chi connectivity index (χ2v) is 8.69. The molecule has 1 aromatic carbocycles. The Labute approximate surface area is 191 Å². The molecule has 0 bridgehead atoms. The maximum atomic E-state index is 12.0. The first-order valence-electron chi connectivity index (χ1n) is 10.8. The van der Waals surface area contributed by atoms with Crippen LogP contribution in [0.25, 0.3) is 0 Å². The maximum absolute atomic E-state index is 12.0. The fraction of sp³-hybridized carbons (Fsp3) is 0.455. The molecule has 1 aliphatic carbocycles. The van der Waals surface area contributed by atoms with Crippen LogP contribution in [0.5, 0.6) is 11.6 Å². The molecule has 4 N–H and O–H groups in total. The lowest BCUT2D eigenvalue weighted by Gasteiger charge is -2.26. The van der Waals surface area contributed by atoms with Crippen LogP contribution >= 0.6 is 11.5 Å². The Morgan fingerprint density at radius 2 is 1.91 bits per heavy atom. The van der Waals surface area contributed by atoms with E-state index in [4.69, 9.17) is 9.84 Å². The Morgan fingerprint density at radius 3 is 2.53 bits per heavy atom. The molecular weight excluding hydrogens is 430 g/mol. The van der Waals surface area contributed by atoms with Crippen LogP contribution in [0.1, 0.15) is 49.2 Å². The van der Waals surface area contributed by atoms with E-state index >= 15 is 0 Å². The second-order valence-electron chi connectivity index (χ2n) is 7.88. The first kappa shape index (κ1) is 23.5. The molecule has 1 heterocycles. The fourth-order valence-corrected chi connectivity index (χ4v) is 3.95. The number of rotatable bonds is 7. The normalized spacial score (nSPS) is 18.6. The van der Waals surface area contributed by atoms with E-state index in [1.54, 1.807) is 24.3 Å². The lowest BCUT2D eigenvalue weighted by molar-refractivity contribution is 0.0702. The van der Waals surface area contributed by atoms with Gasteiger partial charge in [-0.05, 0) is 67.4 Å². The minimum Gasteiger partial charge on any atom is -0.477 e. The van der Waals surface area contributed by atoms with E-state index in [1.807, 2.05) is 6.92 Å². The minimum absolute atomic E-state index is 0.112. The van der Waals surface area contributed by atoms with Crippen LogP contribution in [-0.2, 0) is 0 Å². The number of hydrogen-bond acceptors (Lipinski definition) is 6. The Bertz CT molecular complexity index is 936. The quantitative estimate of drug-likeness (QED) is 0.360. The number of aromatic nitrogens is 1. The molecule has 2 amide bonds. The van der Waals surface area contributed by atoms with Crippen molar-refractivity contribution < 1.29 is 19.4 Å². The zero-order valence-corrected chi connectivity index (χ0v) is 19.1. The van der Waals surface area contributed by atoms with Gasteiger partial charge in [-0.15, -0.1) is 0 Å². The van der Waals surface area contributed by atoms with E-state index in [9.17, 15) is 9.59 Å². The molecular formula is C22H29N5O4S. The number of benzene rings is 1. The highest BCUT2D eigenvalue weighted by molar-refractivity contribution is 7.08. The summed E-state index contributed by atoms with van der Waals surface area (Å²) in [5, 5.41) is 17.8. The monoisotopic (exact) mass is 459 g/mol. The number of carbonyl (C=O) groups excluding carboxylic acids is 1. The van der Waals surface area contributed by atoms with Crippen LogP contribution < -0.4 is 20.7 Å². The molecule has 2 aromatic rings. The number of hydrogen-bond donors (Lipinski definition) is 4. The summed E-state index contributed by atoms with van der Waals surface area (Å²) in [5.74, 6) is 1.45. The van der Waals surface area contributed by atoms with Crippen LogP contribution in [-0.4, -0.2) is 40.5 Å². The van der Waals surface area contributed by atoms with Gasteiger partial charge in [-0.1, -0.05) is 19.8 Å². The van der Waals surface area contributed by atoms with Crippen molar-refractivity contribution in [2.24, 2.45) is 16.8 Å². The molecule has 1 aromatic heterocycles. The number of nitrogens with one attached hydrogen (secondary N) is 3. The van der Waals surface area contributed by atoms with Crippen LogP contribution in [0.3, 0.4) is 0 Å². The van der Waals surface area contributed by atoms with Crippen molar-refractivity contribution in [3.63, 3.8) is 0 Å². The summed E-state index contributed by atoms with van der Waals surface area (Å²) in [6.07, 6.45) is 4.82. The standard InChI is InChI=1S/C22H29N5O4S/c1-3-23-22(30)26-21(24-13-15-6-4-14(2)5-7-15)25-16-8-10-17(11-9-16)31-19-12-18(20(28)29)32-27-19/h8-12,14-15H,3-7,13H2,1-2H3,(H,28,29)(H3,23,24,25,26,30)/t14-,15-. The molecule has 0 unspecified atom stereocenters. The number of carbonyl (C=O) groups is 2. The Hall–Kier alpha value is -3.14. The third-order valence-electron chi connectivity index (χ3n) is 5.26. The third-order valence-corrected chi connectivity index (χ3v) is 6.02. The average Bonchev–Trinajstić information content (AvgIpc) is 3.23. The van der Waals surface area contributed by atoms with Gasteiger partial charge in [-0.25, -0.2) is 14.6 Å². The van der Waals surface area contributed by atoms with Crippen molar-refractivity contribution in [2.75, 3.05) is 13.1 Å². The highest BCUT2D eigenvalue weighted by atomic mass is 32.1. The molecule has 0 saturated heterocycles. The van der Waals surface area contributed by atoms with Gasteiger partial charge in [-0.2, -0.15) is 4.37 Å². The minimum atomic E-state index is -1.04. The fourth-order valence-electron chi connectivity index (χ4n) is 3.44. The van der Waals surface area contributed by atoms with Gasteiger partial charge in [0.1, 0.15) is 10.6 Å². The number of ether oxygens (including phenoxy) is 1. The van der Waals surface area contributed by atoms with E-state index in [1.165, 1.54) is 31.7 Å². The van der Waals surface area contributed by atoms with Crippen molar-refractivity contribution in [1.82, 2.24) is 20.3 Å². The molecule has 0 radical (unpaired) electrons. The average molecular weight is 460 g/mol. The number of carboxylic acids is 1. The molecule has 0 aliphatic heterocycles. The zero-order valence-electron chi connectivity index (χ0n) is 18.3. The number of carboxylic acid groups (broad SMARTS) is 1. The molecule has 1 saturated carbocycles. The van der Waals surface area contributed by atoms with Crippen molar-refractivity contribution in [1.29, 1.82) is 0 Å². The van der Waals surface area contributed by atoms with Crippen molar-refractivity contribution >= 4 is 35.2 Å². The molecule has 172 valence electrons. The van der Waals surface area contributed by atoms with Crippen molar-refractivity contribution in [3.8, 4) is 11.6 Å². The van der Waals surface area contributed by atoms with E-state index in [2.05, 4.69) is 32.2 Å². The summed E-state index contributed by atoms with van der Waals surface area (Å²) in [6, 6.07) is 8.00. The number of guanidine groups is 1. The summed E-state index contributed by atoms with van der Waals surface area (Å²) >= 11 is 0.864. The SMILES string of the molecule is CCNC(=O)N/C(=N\c1ccc(Oc2cc(C(=O)O)sn2)cc1)NC[C@H]1CC[C@H](C)CC1. The van der Waals surface area contributed by atoms with E-state index in [0.717, 1.165) is 24.0 Å².